The summed E-state index contributed by atoms with van der Waals surface area (Å²) in [6.45, 7) is 8.14. The molecule has 0 aliphatic heterocycles. The van der Waals surface area contributed by atoms with Crippen molar-refractivity contribution in [3.63, 3.8) is 0 Å². The minimum absolute atomic E-state index is 0.00322. The van der Waals surface area contributed by atoms with E-state index in [-0.39, 0.29) is 23.0 Å². The molecule has 0 radical (unpaired) electrons. The first-order chi connectivity index (χ1) is 16.5. The van der Waals surface area contributed by atoms with Crippen LogP contribution in [0.15, 0.2) is 60.7 Å². The molecule has 0 atom stereocenters. The molecular weight excluding hydrogens is 468 g/mol. The average molecular weight is 497 g/mol. The number of ether oxygens (including phenoxy) is 1. The van der Waals surface area contributed by atoms with Gasteiger partial charge < -0.3 is 10.1 Å². The highest BCUT2D eigenvalue weighted by atomic mass is 32.1. The van der Waals surface area contributed by atoms with Gasteiger partial charge in [-0.1, -0.05) is 32.9 Å². The van der Waals surface area contributed by atoms with E-state index in [1.54, 1.807) is 31.2 Å². The van der Waals surface area contributed by atoms with Crippen LogP contribution in [-0.2, 0) is 19.7 Å². The Morgan fingerprint density at radius 3 is 2.00 bits per heavy atom. The van der Waals surface area contributed by atoms with Crippen molar-refractivity contribution in [3.05, 3.63) is 77.4 Å². The van der Waals surface area contributed by atoms with Crippen molar-refractivity contribution in [3.8, 4) is 0 Å². The fourth-order valence-electron chi connectivity index (χ4n) is 2.73. The van der Waals surface area contributed by atoms with Crippen molar-refractivity contribution in [2.75, 3.05) is 11.9 Å². The van der Waals surface area contributed by atoms with Gasteiger partial charge in [0.1, 0.15) is 0 Å². The van der Waals surface area contributed by atoms with E-state index in [0.717, 1.165) is 17.7 Å². The van der Waals surface area contributed by atoms with Gasteiger partial charge in [0, 0.05) is 29.0 Å². The molecule has 0 aliphatic carbocycles. The Hall–Kier alpha value is -4.05. The first kappa shape index (κ1) is 27.2. The summed E-state index contributed by atoms with van der Waals surface area (Å²) in [5, 5.41) is 4.89. The zero-order chi connectivity index (χ0) is 26.0. The first-order valence-electron chi connectivity index (χ1n) is 10.8. The molecule has 4 N–H and O–H groups in total. The lowest BCUT2D eigenvalue weighted by atomic mass is 9.87. The molecule has 2 aromatic carbocycles. The largest absolute Gasteiger partial charge is 0.463 e. The molecule has 2 rings (SSSR count). The number of amides is 3. The van der Waals surface area contributed by atoms with Crippen molar-refractivity contribution < 1.29 is 23.9 Å². The van der Waals surface area contributed by atoms with Gasteiger partial charge in [-0.25, -0.2) is 4.79 Å². The highest BCUT2D eigenvalue weighted by molar-refractivity contribution is 7.80. The number of esters is 1. The molecule has 0 saturated heterocycles. The van der Waals surface area contributed by atoms with Crippen molar-refractivity contribution in [2.45, 2.75) is 33.1 Å². The van der Waals surface area contributed by atoms with E-state index >= 15 is 0 Å². The van der Waals surface area contributed by atoms with Gasteiger partial charge in [-0.2, -0.15) is 0 Å². The van der Waals surface area contributed by atoms with E-state index in [9.17, 15) is 19.2 Å². The van der Waals surface area contributed by atoms with Gasteiger partial charge in [0.25, 0.3) is 11.8 Å². The third kappa shape index (κ3) is 9.01. The van der Waals surface area contributed by atoms with Crippen molar-refractivity contribution >= 4 is 46.7 Å². The highest BCUT2D eigenvalue weighted by Gasteiger charge is 2.14. The Morgan fingerprint density at radius 2 is 1.43 bits per heavy atom. The van der Waals surface area contributed by atoms with E-state index in [2.05, 4.69) is 47.0 Å². The van der Waals surface area contributed by atoms with Crippen molar-refractivity contribution in [1.29, 1.82) is 0 Å². The molecule has 0 unspecified atom stereocenters. The second-order valence-corrected chi connectivity index (χ2v) is 8.75. The molecule has 2 aromatic rings. The normalized spacial score (nSPS) is 10.9. The second kappa shape index (κ2) is 12.4. The Bertz CT molecular complexity index is 1120. The van der Waals surface area contributed by atoms with Gasteiger partial charge in [-0.15, -0.1) is 0 Å². The van der Waals surface area contributed by atoms with Crippen LogP contribution in [0, 0.1) is 0 Å². The number of rotatable bonds is 6. The van der Waals surface area contributed by atoms with Crippen molar-refractivity contribution in [2.24, 2.45) is 0 Å². The SMILES string of the molecule is CCOC(=O)/C=C/C(=O)NC(=S)NNC(=O)c1ccc(NC(=O)c2ccc(C(C)(C)C)cc2)cc1. The van der Waals surface area contributed by atoms with Gasteiger partial charge in [0.15, 0.2) is 5.11 Å². The maximum Gasteiger partial charge on any atom is 0.330 e. The molecule has 0 aliphatic rings. The molecule has 35 heavy (non-hydrogen) atoms. The summed E-state index contributed by atoms with van der Waals surface area (Å²) in [6, 6.07) is 13.7. The number of benzene rings is 2. The summed E-state index contributed by atoms with van der Waals surface area (Å²) in [6.07, 6.45) is 1.92. The molecule has 0 heterocycles. The van der Waals surface area contributed by atoms with Crippen LogP contribution >= 0.6 is 12.2 Å². The summed E-state index contributed by atoms with van der Waals surface area (Å²) in [4.78, 5) is 47.6. The average Bonchev–Trinajstić information content (AvgIpc) is 2.81. The third-order valence-electron chi connectivity index (χ3n) is 4.60. The monoisotopic (exact) mass is 496 g/mol. The minimum Gasteiger partial charge on any atom is -0.463 e. The van der Waals surface area contributed by atoms with E-state index in [4.69, 9.17) is 12.2 Å². The summed E-state index contributed by atoms with van der Waals surface area (Å²) < 4.78 is 4.66. The third-order valence-corrected chi connectivity index (χ3v) is 4.81. The number of hydrogen-bond donors (Lipinski definition) is 4. The Labute approximate surface area is 209 Å². The molecule has 3 amide bonds. The standard InChI is InChI=1S/C25H28N4O5S/c1-5-34-21(31)15-14-20(30)27-24(35)29-28-23(33)17-8-12-19(13-9-17)26-22(32)16-6-10-18(11-7-16)25(2,3)4/h6-15H,5H2,1-4H3,(H,26,32)(H,28,33)(H2,27,29,30,35)/b15-14+. The molecule has 0 bridgehead atoms. The maximum absolute atomic E-state index is 12.5. The smallest absolute Gasteiger partial charge is 0.330 e. The Balaban J connectivity index is 1.84. The van der Waals surface area contributed by atoms with E-state index in [1.165, 1.54) is 12.1 Å². The molecule has 10 heteroatoms. The molecule has 0 fully saturated rings. The van der Waals surface area contributed by atoms with Crippen LogP contribution in [-0.4, -0.2) is 35.4 Å². The number of carbonyl (C=O) groups is 4. The van der Waals surface area contributed by atoms with E-state index in [1.807, 2.05) is 12.1 Å². The van der Waals surface area contributed by atoms with Crippen LogP contribution in [0.3, 0.4) is 0 Å². The maximum atomic E-state index is 12.5. The van der Waals surface area contributed by atoms with Gasteiger partial charge in [0.05, 0.1) is 6.61 Å². The van der Waals surface area contributed by atoms with Crippen LogP contribution in [0.5, 0.6) is 0 Å². The van der Waals surface area contributed by atoms with Crippen LogP contribution in [0.2, 0.25) is 0 Å². The zero-order valence-corrected chi connectivity index (χ0v) is 20.7. The minimum atomic E-state index is -0.669. The lowest BCUT2D eigenvalue weighted by Gasteiger charge is -2.19. The van der Waals surface area contributed by atoms with Crippen LogP contribution < -0.4 is 21.5 Å². The molecule has 9 nitrogen and oxygen atoms in total. The molecule has 0 aromatic heterocycles. The molecule has 0 spiro atoms. The van der Waals surface area contributed by atoms with Gasteiger partial charge in [-0.3, -0.25) is 30.6 Å². The number of hydrazine groups is 1. The van der Waals surface area contributed by atoms with E-state index < -0.39 is 17.8 Å². The summed E-state index contributed by atoms with van der Waals surface area (Å²) >= 11 is 4.92. The topological polar surface area (TPSA) is 126 Å². The number of anilines is 1. The van der Waals surface area contributed by atoms with Crippen LogP contribution in [0.1, 0.15) is 54.0 Å². The lowest BCUT2D eigenvalue weighted by Crippen LogP contribution is -2.48. The number of nitrogens with one attached hydrogen (secondary N) is 4. The number of hydrogen-bond acceptors (Lipinski definition) is 6. The summed E-state index contributed by atoms with van der Waals surface area (Å²) in [5.74, 6) is -2.10. The quantitative estimate of drug-likeness (QED) is 0.210. The molecule has 184 valence electrons. The van der Waals surface area contributed by atoms with E-state index in [0.29, 0.717) is 16.8 Å². The molecule has 0 saturated carbocycles. The fraction of sp³-hybridized carbons (Fsp3) is 0.240. The Morgan fingerprint density at radius 1 is 0.857 bits per heavy atom. The lowest BCUT2D eigenvalue weighted by molar-refractivity contribution is -0.137. The van der Waals surface area contributed by atoms with Gasteiger partial charge >= 0.3 is 5.97 Å². The number of carbonyl (C=O) groups excluding carboxylic acids is 4. The summed E-state index contributed by atoms with van der Waals surface area (Å²) in [7, 11) is 0. The fourth-order valence-corrected chi connectivity index (χ4v) is 2.89. The summed E-state index contributed by atoms with van der Waals surface area (Å²) in [5.41, 5.74) is 7.20. The number of thiocarbonyl (C=S) groups is 1. The second-order valence-electron chi connectivity index (χ2n) is 8.34. The van der Waals surface area contributed by atoms with Gasteiger partial charge in [0.2, 0.25) is 5.91 Å². The predicted octanol–water partition coefficient (Wildman–Crippen LogP) is 2.99. The predicted molar refractivity (Wildman–Crippen MR) is 137 cm³/mol. The zero-order valence-electron chi connectivity index (χ0n) is 19.9. The van der Waals surface area contributed by atoms with Gasteiger partial charge in [-0.05, 0) is 66.5 Å². The van der Waals surface area contributed by atoms with Crippen molar-refractivity contribution in [1.82, 2.24) is 16.2 Å². The molecular formula is C25H28N4O5S. The first-order valence-corrected chi connectivity index (χ1v) is 11.2. The Kier molecular flexibility index (Phi) is 9.65. The van der Waals surface area contributed by atoms with Crippen LogP contribution in [0.25, 0.3) is 0 Å². The highest BCUT2D eigenvalue weighted by Crippen LogP contribution is 2.22. The van der Waals surface area contributed by atoms with Crippen LogP contribution in [0.4, 0.5) is 5.69 Å².